The zero-order valence-electron chi connectivity index (χ0n) is 26.5. The summed E-state index contributed by atoms with van der Waals surface area (Å²) in [6.45, 7) is 4.64. The van der Waals surface area contributed by atoms with Crippen LogP contribution in [-0.2, 0) is 5.60 Å². The number of nitrogens with zero attached hydrogens (tertiary/aromatic N) is 5. The van der Waals surface area contributed by atoms with E-state index in [1.807, 2.05) is 22.9 Å². The molecular formula is C36H38ClF2N5OS2. The summed E-state index contributed by atoms with van der Waals surface area (Å²) in [5.41, 5.74) is 3.27. The Balaban J connectivity index is 1.17. The molecule has 1 aliphatic carbocycles. The van der Waals surface area contributed by atoms with Gasteiger partial charge in [-0.15, -0.1) is 22.7 Å². The molecule has 4 atom stereocenters. The summed E-state index contributed by atoms with van der Waals surface area (Å²) in [6, 6.07) is 3.93. The molecular weight excluding hydrogens is 656 g/mol. The van der Waals surface area contributed by atoms with E-state index in [1.54, 1.807) is 41.1 Å². The predicted octanol–water partition coefficient (Wildman–Crippen LogP) is 9.22. The second-order valence-corrected chi connectivity index (χ2v) is 15.5. The maximum Gasteiger partial charge on any atom is 0.165 e. The highest BCUT2D eigenvalue weighted by Crippen LogP contribution is 2.47. The van der Waals surface area contributed by atoms with Crippen LogP contribution in [-0.4, -0.2) is 44.2 Å². The van der Waals surface area contributed by atoms with E-state index < -0.39 is 23.6 Å². The van der Waals surface area contributed by atoms with Gasteiger partial charge in [0.05, 0.1) is 11.4 Å². The molecule has 7 rings (SSSR count). The van der Waals surface area contributed by atoms with Crippen molar-refractivity contribution in [2.75, 3.05) is 6.54 Å². The molecule has 3 aromatic rings. The summed E-state index contributed by atoms with van der Waals surface area (Å²) in [7, 11) is 0. The van der Waals surface area contributed by atoms with E-state index in [0.717, 1.165) is 84.3 Å². The minimum atomic E-state index is -1.13. The molecule has 2 fully saturated rings. The number of allylic oxidation sites excluding steroid dienone is 4. The van der Waals surface area contributed by atoms with Gasteiger partial charge >= 0.3 is 0 Å². The topological polar surface area (TPSA) is 74.0 Å². The molecule has 1 aromatic carbocycles. The number of benzene rings is 1. The average Bonchev–Trinajstić information content (AvgIpc) is 3.88. The van der Waals surface area contributed by atoms with Crippen LogP contribution in [0.4, 0.5) is 8.78 Å². The molecule has 3 unspecified atom stereocenters. The third-order valence-electron chi connectivity index (χ3n) is 10.1. The van der Waals surface area contributed by atoms with Crippen molar-refractivity contribution in [1.29, 1.82) is 0 Å². The summed E-state index contributed by atoms with van der Waals surface area (Å²) in [5.74, 6) is 1.80. The van der Waals surface area contributed by atoms with Crippen LogP contribution < -0.4 is 0 Å². The normalized spacial score (nSPS) is 28.1. The fourth-order valence-electron chi connectivity index (χ4n) is 7.48. The molecule has 6 nitrogen and oxygen atoms in total. The Labute approximate surface area is 287 Å². The number of hydrogen-bond acceptors (Lipinski definition) is 8. The molecule has 47 heavy (non-hydrogen) atoms. The quantitative estimate of drug-likeness (QED) is 0.243. The number of hydrogen-bond donors (Lipinski definition) is 1. The number of fused-ring (bicyclic) bond motifs is 1. The van der Waals surface area contributed by atoms with Crippen molar-refractivity contribution >= 4 is 45.8 Å². The highest BCUT2D eigenvalue weighted by atomic mass is 35.5. The Bertz CT molecular complexity index is 1760. The zero-order valence-corrected chi connectivity index (χ0v) is 28.8. The van der Waals surface area contributed by atoms with E-state index in [9.17, 15) is 13.9 Å². The lowest BCUT2D eigenvalue weighted by Gasteiger charge is -2.35. The molecule has 11 heteroatoms. The lowest BCUT2D eigenvalue weighted by molar-refractivity contribution is -0.0161. The molecule has 1 saturated heterocycles. The third kappa shape index (κ3) is 6.67. The van der Waals surface area contributed by atoms with Gasteiger partial charge in [0.1, 0.15) is 28.6 Å². The third-order valence-corrected chi connectivity index (χ3v) is 12.2. The number of aromatic nitrogens is 2. The smallest absolute Gasteiger partial charge is 0.165 e. The Morgan fingerprint density at radius 2 is 1.91 bits per heavy atom. The van der Waals surface area contributed by atoms with Crippen LogP contribution in [0.5, 0.6) is 0 Å². The lowest BCUT2D eigenvalue weighted by atomic mass is 9.75. The van der Waals surface area contributed by atoms with Crippen LogP contribution in [0.2, 0.25) is 5.02 Å². The number of amidine groups is 1. The molecule has 0 radical (unpaired) electrons. The van der Waals surface area contributed by atoms with Crippen molar-refractivity contribution in [2.24, 2.45) is 27.7 Å². The number of alkyl halides is 1. The van der Waals surface area contributed by atoms with Gasteiger partial charge in [-0.25, -0.2) is 23.7 Å². The van der Waals surface area contributed by atoms with E-state index in [1.165, 1.54) is 25.1 Å². The minimum absolute atomic E-state index is 0.302. The average molecular weight is 694 g/mol. The largest absolute Gasteiger partial charge is 0.383 e. The molecule has 0 spiro atoms. The molecule has 3 aliphatic heterocycles. The van der Waals surface area contributed by atoms with Crippen molar-refractivity contribution in [1.82, 2.24) is 14.9 Å². The van der Waals surface area contributed by atoms with Gasteiger partial charge in [0.2, 0.25) is 0 Å². The molecule has 5 heterocycles. The van der Waals surface area contributed by atoms with E-state index >= 15 is 0 Å². The minimum Gasteiger partial charge on any atom is -0.383 e. The monoisotopic (exact) mass is 693 g/mol. The first kappa shape index (κ1) is 32.5. The number of halogens is 3. The van der Waals surface area contributed by atoms with Gasteiger partial charge in [-0.1, -0.05) is 37.4 Å². The molecule has 1 N–H and O–H groups in total. The number of rotatable bonds is 9. The molecule has 246 valence electrons. The summed E-state index contributed by atoms with van der Waals surface area (Å²) >= 11 is 9.78. The molecule has 2 aromatic heterocycles. The first-order chi connectivity index (χ1) is 22.7. The SMILES string of the molecule is CC(F)/C=C1/C=CC(C2=C3CC(C(C)CCC4CCC(O)(c5nccs5)CC4)CN3C(c3nccs3)=N[C@H]2c2ccc(F)cc2Cl)=N1. The molecule has 0 bridgehead atoms. The number of aliphatic imine (C=N–C) groups is 2. The summed E-state index contributed by atoms with van der Waals surface area (Å²) in [6.07, 6.45) is 14.3. The van der Waals surface area contributed by atoms with Crippen LogP contribution in [0.3, 0.4) is 0 Å². The van der Waals surface area contributed by atoms with E-state index in [2.05, 4.69) is 21.8 Å². The van der Waals surface area contributed by atoms with Gasteiger partial charge in [0, 0.05) is 51.6 Å². The Kier molecular flexibility index (Phi) is 9.30. The summed E-state index contributed by atoms with van der Waals surface area (Å²) < 4.78 is 28.1. The van der Waals surface area contributed by atoms with Gasteiger partial charge in [-0.05, 0) is 87.1 Å². The Hall–Kier alpha value is -3.05. The summed E-state index contributed by atoms with van der Waals surface area (Å²) in [4.78, 5) is 21.5. The fourth-order valence-corrected chi connectivity index (χ4v) is 9.18. The molecule has 4 aliphatic rings. The Morgan fingerprint density at radius 3 is 2.62 bits per heavy atom. The highest BCUT2D eigenvalue weighted by Gasteiger charge is 2.43. The first-order valence-electron chi connectivity index (χ1n) is 16.4. The van der Waals surface area contributed by atoms with Crippen molar-refractivity contribution in [3.05, 3.63) is 103 Å². The molecule has 1 saturated carbocycles. The van der Waals surface area contributed by atoms with Gasteiger partial charge in [-0.3, -0.25) is 4.99 Å². The van der Waals surface area contributed by atoms with Crippen LogP contribution in [0.25, 0.3) is 0 Å². The lowest BCUT2D eigenvalue weighted by Crippen LogP contribution is -2.35. The predicted molar refractivity (Wildman–Crippen MR) is 186 cm³/mol. The van der Waals surface area contributed by atoms with E-state index in [-0.39, 0.29) is 0 Å². The van der Waals surface area contributed by atoms with Gasteiger partial charge in [-0.2, -0.15) is 0 Å². The number of thiazole rings is 2. The van der Waals surface area contributed by atoms with Crippen molar-refractivity contribution < 1.29 is 13.9 Å². The van der Waals surface area contributed by atoms with E-state index in [4.69, 9.17) is 21.6 Å². The second-order valence-electron chi connectivity index (χ2n) is 13.3. The second kappa shape index (κ2) is 13.5. The van der Waals surface area contributed by atoms with Gasteiger partial charge < -0.3 is 10.0 Å². The highest BCUT2D eigenvalue weighted by molar-refractivity contribution is 7.11. The molecule has 0 amide bonds. The van der Waals surface area contributed by atoms with E-state index in [0.29, 0.717) is 34.0 Å². The summed E-state index contributed by atoms with van der Waals surface area (Å²) in [5, 5.41) is 17.0. The van der Waals surface area contributed by atoms with Crippen molar-refractivity contribution in [2.45, 2.75) is 76.6 Å². The van der Waals surface area contributed by atoms with Crippen LogP contribution in [0, 0.1) is 23.6 Å². The maximum atomic E-state index is 14.2. The fraction of sp³-hybridized carbons (Fsp3) is 0.444. The standard InChI is InChI=1S/C36H38ClF2N5OS2/c1-21(3-4-23-9-11-36(45,12-10-23)35-41-14-16-47-35)24-18-30-31(29-8-6-26(42-29)17-22(2)38)32(27-7-5-25(39)19-28(27)37)43-33(44(30)20-24)34-40-13-15-46-34/h5-8,13-17,19,21-24,32,45H,3-4,9-12,18,20H2,1-2H3/b26-17-/t21?,22?,23?,24?,32-,36?/m0/s1. The first-order valence-corrected chi connectivity index (χ1v) is 18.5. The van der Waals surface area contributed by atoms with Gasteiger partial charge in [0.25, 0.3) is 0 Å². The zero-order chi connectivity index (χ0) is 32.7. The van der Waals surface area contributed by atoms with Crippen LogP contribution in [0.1, 0.15) is 80.4 Å². The van der Waals surface area contributed by atoms with Crippen molar-refractivity contribution in [3.63, 3.8) is 0 Å². The Morgan fingerprint density at radius 1 is 1.13 bits per heavy atom. The number of aliphatic hydroxyl groups is 1. The van der Waals surface area contributed by atoms with Crippen LogP contribution >= 0.6 is 34.3 Å². The van der Waals surface area contributed by atoms with Gasteiger partial charge in [0.15, 0.2) is 10.8 Å². The van der Waals surface area contributed by atoms with Crippen LogP contribution in [0.15, 0.2) is 86.5 Å². The maximum absolute atomic E-state index is 14.2. The van der Waals surface area contributed by atoms with Crippen molar-refractivity contribution in [3.8, 4) is 0 Å².